The first-order valence-electron chi connectivity index (χ1n) is 8.46. The summed E-state index contributed by atoms with van der Waals surface area (Å²) >= 11 is 0. The predicted octanol–water partition coefficient (Wildman–Crippen LogP) is 2.83. The van der Waals surface area contributed by atoms with Crippen LogP contribution in [0.5, 0.6) is 0 Å². The minimum absolute atomic E-state index is 0.0747. The third-order valence-corrected chi connectivity index (χ3v) is 4.68. The SMILES string of the molecule is CCC(CC)(CNC1=NCC(C)N1)NC(C)c1ccccc1. The van der Waals surface area contributed by atoms with Gasteiger partial charge in [0.1, 0.15) is 0 Å². The lowest BCUT2D eigenvalue weighted by atomic mass is 9.90. The lowest BCUT2D eigenvalue weighted by molar-refractivity contribution is 0.271. The third kappa shape index (κ3) is 4.23. The van der Waals surface area contributed by atoms with Crippen molar-refractivity contribution >= 4 is 5.96 Å². The Morgan fingerprint density at radius 3 is 2.50 bits per heavy atom. The van der Waals surface area contributed by atoms with Crippen LogP contribution in [0.15, 0.2) is 35.3 Å². The molecule has 3 N–H and O–H groups in total. The molecular formula is C18H30N4. The molecule has 1 aromatic carbocycles. The predicted molar refractivity (Wildman–Crippen MR) is 94.2 cm³/mol. The van der Waals surface area contributed by atoms with Gasteiger partial charge in [-0.15, -0.1) is 0 Å². The van der Waals surface area contributed by atoms with Gasteiger partial charge < -0.3 is 16.0 Å². The van der Waals surface area contributed by atoms with E-state index in [1.54, 1.807) is 0 Å². The molecule has 0 aliphatic carbocycles. The molecule has 2 rings (SSSR count). The van der Waals surface area contributed by atoms with Crippen LogP contribution in [0.1, 0.15) is 52.1 Å². The molecule has 122 valence electrons. The fourth-order valence-corrected chi connectivity index (χ4v) is 2.95. The highest BCUT2D eigenvalue weighted by Crippen LogP contribution is 2.21. The zero-order valence-electron chi connectivity index (χ0n) is 14.3. The molecule has 1 heterocycles. The lowest BCUT2D eigenvalue weighted by Crippen LogP contribution is -2.55. The minimum Gasteiger partial charge on any atom is -0.355 e. The summed E-state index contributed by atoms with van der Waals surface area (Å²) in [5.74, 6) is 0.938. The van der Waals surface area contributed by atoms with Crippen LogP contribution in [0.3, 0.4) is 0 Å². The zero-order valence-corrected chi connectivity index (χ0v) is 14.3. The first kappa shape index (κ1) is 16.8. The molecule has 0 saturated heterocycles. The maximum Gasteiger partial charge on any atom is 0.191 e. The number of benzene rings is 1. The fourth-order valence-electron chi connectivity index (χ4n) is 2.95. The van der Waals surface area contributed by atoms with Gasteiger partial charge in [-0.25, -0.2) is 0 Å². The summed E-state index contributed by atoms with van der Waals surface area (Å²) in [6.45, 7) is 10.6. The van der Waals surface area contributed by atoms with Crippen LogP contribution in [-0.2, 0) is 0 Å². The van der Waals surface area contributed by atoms with Crippen molar-refractivity contribution in [2.75, 3.05) is 13.1 Å². The molecule has 2 atom stereocenters. The van der Waals surface area contributed by atoms with E-state index in [9.17, 15) is 0 Å². The first-order chi connectivity index (χ1) is 10.6. The van der Waals surface area contributed by atoms with Gasteiger partial charge in [0.2, 0.25) is 0 Å². The van der Waals surface area contributed by atoms with Gasteiger partial charge in [-0.3, -0.25) is 4.99 Å². The topological polar surface area (TPSA) is 48.5 Å². The van der Waals surface area contributed by atoms with Gasteiger partial charge in [0, 0.05) is 24.2 Å². The van der Waals surface area contributed by atoms with Gasteiger partial charge in [-0.1, -0.05) is 44.2 Å². The molecule has 0 bridgehead atoms. The number of guanidine groups is 1. The van der Waals surface area contributed by atoms with Crippen LogP contribution in [0.25, 0.3) is 0 Å². The summed E-state index contributed by atoms with van der Waals surface area (Å²) in [7, 11) is 0. The number of aliphatic imine (C=N–C) groups is 1. The van der Waals surface area contributed by atoms with Gasteiger partial charge in [0.05, 0.1) is 6.54 Å². The summed E-state index contributed by atoms with van der Waals surface area (Å²) in [6, 6.07) is 11.4. The fraction of sp³-hybridized carbons (Fsp3) is 0.611. The van der Waals surface area contributed by atoms with Crippen molar-refractivity contribution in [3.63, 3.8) is 0 Å². The Bertz CT molecular complexity index is 479. The highest BCUT2D eigenvalue weighted by Gasteiger charge is 2.28. The van der Waals surface area contributed by atoms with E-state index in [-0.39, 0.29) is 5.54 Å². The maximum atomic E-state index is 4.49. The average molecular weight is 302 g/mol. The van der Waals surface area contributed by atoms with Gasteiger partial charge in [-0.05, 0) is 32.3 Å². The second-order valence-electron chi connectivity index (χ2n) is 6.35. The van der Waals surface area contributed by atoms with E-state index >= 15 is 0 Å². The van der Waals surface area contributed by atoms with E-state index < -0.39 is 0 Å². The van der Waals surface area contributed by atoms with E-state index in [0.29, 0.717) is 12.1 Å². The molecule has 4 nitrogen and oxygen atoms in total. The molecule has 0 spiro atoms. The van der Waals surface area contributed by atoms with Crippen LogP contribution in [-0.4, -0.2) is 30.6 Å². The summed E-state index contributed by atoms with van der Waals surface area (Å²) in [6.07, 6.45) is 2.16. The Hall–Kier alpha value is -1.55. The molecule has 2 unspecified atom stereocenters. The van der Waals surface area contributed by atoms with Crippen LogP contribution in [0.4, 0.5) is 0 Å². The molecule has 0 saturated carbocycles. The largest absolute Gasteiger partial charge is 0.355 e. The Labute approximate surface area is 134 Å². The molecule has 0 amide bonds. The van der Waals surface area contributed by atoms with Crippen LogP contribution in [0, 0.1) is 0 Å². The molecule has 0 fully saturated rings. The molecule has 1 aromatic rings. The number of hydrogen-bond donors (Lipinski definition) is 3. The molecule has 1 aliphatic heterocycles. The lowest BCUT2D eigenvalue weighted by Gasteiger charge is -2.36. The van der Waals surface area contributed by atoms with Crippen molar-refractivity contribution in [2.45, 2.75) is 58.2 Å². The normalized spacial score (nSPS) is 19.5. The zero-order chi connectivity index (χ0) is 16.0. The minimum atomic E-state index is 0.0747. The van der Waals surface area contributed by atoms with Gasteiger partial charge in [-0.2, -0.15) is 0 Å². The van der Waals surface area contributed by atoms with Gasteiger partial charge >= 0.3 is 0 Å². The van der Waals surface area contributed by atoms with Crippen LogP contribution < -0.4 is 16.0 Å². The smallest absolute Gasteiger partial charge is 0.191 e. The Kier molecular flexibility index (Phi) is 5.83. The molecule has 0 radical (unpaired) electrons. The molecule has 4 heteroatoms. The maximum absolute atomic E-state index is 4.49. The standard InChI is InChI=1S/C18H30N4/c1-5-18(6-2,13-20-17-19-12-14(3)21-17)22-15(4)16-10-8-7-9-11-16/h7-11,14-15,22H,5-6,12-13H2,1-4H3,(H2,19,20,21). The van der Waals surface area contributed by atoms with Crippen LogP contribution >= 0.6 is 0 Å². The van der Waals surface area contributed by atoms with Crippen LogP contribution in [0.2, 0.25) is 0 Å². The van der Waals surface area contributed by atoms with Crippen molar-refractivity contribution in [3.05, 3.63) is 35.9 Å². The van der Waals surface area contributed by atoms with Crippen molar-refractivity contribution < 1.29 is 0 Å². The Morgan fingerprint density at radius 1 is 1.27 bits per heavy atom. The first-order valence-corrected chi connectivity index (χ1v) is 8.46. The molecular weight excluding hydrogens is 272 g/mol. The third-order valence-electron chi connectivity index (χ3n) is 4.68. The highest BCUT2D eigenvalue weighted by molar-refractivity contribution is 5.81. The number of hydrogen-bond acceptors (Lipinski definition) is 4. The van der Waals surface area contributed by atoms with Gasteiger partial charge in [0.25, 0.3) is 0 Å². The summed E-state index contributed by atoms with van der Waals surface area (Å²) in [5, 5.41) is 10.7. The molecule has 22 heavy (non-hydrogen) atoms. The van der Waals surface area contributed by atoms with Crippen molar-refractivity contribution in [1.82, 2.24) is 16.0 Å². The van der Waals surface area contributed by atoms with Crippen molar-refractivity contribution in [2.24, 2.45) is 4.99 Å². The molecule has 0 aromatic heterocycles. The second-order valence-corrected chi connectivity index (χ2v) is 6.35. The van der Waals surface area contributed by atoms with E-state index in [2.05, 4.69) is 79.0 Å². The number of nitrogens with zero attached hydrogens (tertiary/aromatic N) is 1. The van der Waals surface area contributed by atoms with Crippen molar-refractivity contribution in [1.29, 1.82) is 0 Å². The van der Waals surface area contributed by atoms with E-state index in [0.717, 1.165) is 31.9 Å². The molecule has 1 aliphatic rings. The quantitative estimate of drug-likeness (QED) is 0.726. The highest BCUT2D eigenvalue weighted by atomic mass is 15.2. The Balaban J connectivity index is 1.98. The summed E-state index contributed by atoms with van der Waals surface area (Å²) < 4.78 is 0. The van der Waals surface area contributed by atoms with E-state index in [1.807, 2.05) is 0 Å². The number of nitrogens with one attached hydrogen (secondary N) is 3. The summed E-state index contributed by atoms with van der Waals surface area (Å²) in [4.78, 5) is 4.49. The monoisotopic (exact) mass is 302 g/mol. The van der Waals surface area contributed by atoms with E-state index in [4.69, 9.17) is 0 Å². The Morgan fingerprint density at radius 2 is 1.95 bits per heavy atom. The summed E-state index contributed by atoms with van der Waals surface area (Å²) in [5.41, 5.74) is 1.41. The van der Waals surface area contributed by atoms with Gasteiger partial charge in [0.15, 0.2) is 5.96 Å². The number of rotatable bonds is 7. The second kappa shape index (κ2) is 7.63. The average Bonchev–Trinajstić information content (AvgIpc) is 2.98. The van der Waals surface area contributed by atoms with E-state index in [1.165, 1.54) is 5.56 Å². The van der Waals surface area contributed by atoms with Crippen molar-refractivity contribution in [3.8, 4) is 0 Å².